The first-order valence-electron chi connectivity index (χ1n) is 6.91. The maximum atomic E-state index is 11.3. The third kappa shape index (κ3) is 3.66. The highest BCUT2D eigenvalue weighted by molar-refractivity contribution is 5.86. The molecule has 0 aliphatic carbocycles. The number of ether oxygens (including phenoxy) is 2. The van der Waals surface area contributed by atoms with Gasteiger partial charge in [-0.2, -0.15) is 0 Å². The average molecular weight is 288 g/mol. The van der Waals surface area contributed by atoms with Crippen molar-refractivity contribution in [3.63, 3.8) is 0 Å². The molecule has 21 heavy (non-hydrogen) atoms. The second kappa shape index (κ2) is 6.48. The van der Waals surface area contributed by atoms with E-state index < -0.39 is 5.97 Å². The summed E-state index contributed by atoms with van der Waals surface area (Å²) in [6.07, 6.45) is 0. The number of hydrogen-bond donors (Lipinski definition) is 0. The van der Waals surface area contributed by atoms with Crippen molar-refractivity contribution in [1.82, 2.24) is 0 Å². The lowest BCUT2D eigenvalue weighted by atomic mass is 10.0. The van der Waals surface area contributed by atoms with Gasteiger partial charge < -0.3 is 13.9 Å². The molecule has 0 saturated carbocycles. The van der Waals surface area contributed by atoms with Crippen molar-refractivity contribution in [2.24, 2.45) is 0 Å². The molecule has 0 spiro atoms. The Morgan fingerprint density at radius 1 is 1.24 bits per heavy atom. The molecule has 4 nitrogen and oxygen atoms in total. The Morgan fingerprint density at radius 3 is 2.67 bits per heavy atom. The molecule has 2 aromatic rings. The number of furan rings is 1. The minimum Gasteiger partial charge on any atom is -0.485 e. The molecule has 0 saturated heterocycles. The first-order chi connectivity index (χ1) is 10.0. The molecule has 0 bridgehead atoms. The number of carbonyl (C=O) groups is 1. The molecule has 0 aliphatic heterocycles. The van der Waals surface area contributed by atoms with Crippen LogP contribution in [-0.4, -0.2) is 13.1 Å². The summed E-state index contributed by atoms with van der Waals surface area (Å²) in [6.45, 7) is 6.56. The van der Waals surface area contributed by atoms with Gasteiger partial charge in [-0.1, -0.05) is 26.0 Å². The van der Waals surface area contributed by atoms with Crippen LogP contribution in [0.4, 0.5) is 0 Å². The summed E-state index contributed by atoms with van der Waals surface area (Å²) >= 11 is 0. The molecule has 1 aromatic carbocycles. The number of aryl methyl sites for hydroxylation is 1. The Balaban J connectivity index is 2.07. The number of carbonyl (C=O) groups excluding carboxylic acids is 1. The predicted molar refractivity (Wildman–Crippen MR) is 79.6 cm³/mol. The maximum Gasteiger partial charge on any atom is 0.373 e. The summed E-state index contributed by atoms with van der Waals surface area (Å²) in [5.41, 5.74) is 2.30. The van der Waals surface area contributed by atoms with E-state index in [9.17, 15) is 4.79 Å². The number of methoxy groups -OCH3 is 1. The van der Waals surface area contributed by atoms with E-state index in [1.54, 1.807) is 12.1 Å². The molecule has 4 heteroatoms. The fourth-order valence-electron chi connectivity index (χ4n) is 1.95. The molecule has 1 aromatic heterocycles. The Labute approximate surface area is 124 Å². The zero-order valence-electron chi connectivity index (χ0n) is 12.8. The predicted octanol–water partition coefficient (Wildman–Crippen LogP) is 4.08. The van der Waals surface area contributed by atoms with Crippen LogP contribution in [0.15, 0.2) is 34.7 Å². The summed E-state index contributed by atoms with van der Waals surface area (Å²) < 4.78 is 15.8. The van der Waals surface area contributed by atoms with Gasteiger partial charge in [0.1, 0.15) is 18.1 Å². The Hall–Kier alpha value is -2.23. The van der Waals surface area contributed by atoms with Gasteiger partial charge in [0.05, 0.1) is 7.11 Å². The standard InChI is InChI=1S/C17H20O4/c1-11(2)13-6-5-12(3)16(9-13)20-10-14-7-8-15(21-14)17(18)19-4/h5-9,11H,10H2,1-4H3. The second-order valence-corrected chi connectivity index (χ2v) is 5.23. The molecule has 0 aliphatic rings. The largest absolute Gasteiger partial charge is 0.485 e. The van der Waals surface area contributed by atoms with Gasteiger partial charge in [0.25, 0.3) is 0 Å². The molecule has 0 fully saturated rings. The van der Waals surface area contributed by atoms with Crippen molar-refractivity contribution in [1.29, 1.82) is 0 Å². The first-order valence-corrected chi connectivity index (χ1v) is 6.91. The minimum atomic E-state index is -0.487. The second-order valence-electron chi connectivity index (χ2n) is 5.23. The highest BCUT2D eigenvalue weighted by Gasteiger charge is 2.12. The topological polar surface area (TPSA) is 48.7 Å². The van der Waals surface area contributed by atoms with Crippen LogP contribution in [0.25, 0.3) is 0 Å². The molecule has 1 heterocycles. The fourth-order valence-corrected chi connectivity index (χ4v) is 1.95. The average Bonchev–Trinajstić information content (AvgIpc) is 2.94. The first kappa shape index (κ1) is 15.2. The summed E-state index contributed by atoms with van der Waals surface area (Å²) in [7, 11) is 1.32. The van der Waals surface area contributed by atoms with Crippen molar-refractivity contribution in [2.45, 2.75) is 33.3 Å². The summed E-state index contributed by atoms with van der Waals surface area (Å²) in [5, 5.41) is 0. The van der Waals surface area contributed by atoms with Gasteiger partial charge in [0.2, 0.25) is 5.76 Å². The summed E-state index contributed by atoms with van der Waals surface area (Å²) in [4.78, 5) is 11.3. The summed E-state index contributed by atoms with van der Waals surface area (Å²) in [6, 6.07) is 9.50. The van der Waals surface area contributed by atoms with E-state index in [1.165, 1.54) is 12.7 Å². The summed E-state index contributed by atoms with van der Waals surface area (Å²) in [5.74, 6) is 1.56. The molecular weight excluding hydrogens is 268 g/mol. The lowest BCUT2D eigenvalue weighted by Crippen LogP contribution is -1.99. The molecule has 0 radical (unpaired) electrons. The van der Waals surface area contributed by atoms with Gasteiger partial charge >= 0.3 is 5.97 Å². The smallest absolute Gasteiger partial charge is 0.373 e. The van der Waals surface area contributed by atoms with E-state index in [2.05, 4.69) is 24.7 Å². The van der Waals surface area contributed by atoms with E-state index in [4.69, 9.17) is 9.15 Å². The van der Waals surface area contributed by atoms with Crippen LogP contribution in [0.1, 0.15) is 47.2 Å². The van der Waals surface area contributed by atoms with Crippen molar-refractivity contribution in [2.75, 3.05) is 7.11 Å². The monoisotopic (exact) mass is 288 g/mol. The van der Waals surface area contributed by atoms with Crippen molar-refractivity contribution >= 4 is 5.97 Å². The van der Waals surface area contributed by atoms with Crippen LogP contribution in [0.3, 0.4) is 0 Å². The molecule has 112 valence electrons. The highest BCUT2D eigenvalue weighted by Crippen LogP contribution is 2.25. The Kier molecular flexibility index (Phi) is 4.68. The Bertz CT molecular complexity index is 625. The van der Waals surface area contributed by atoms with Gasteiger partial charge in [-0.3, -0.25) is 0 Å². The van der Waals surface area contributed by atoms with Gasteiger partial charge in [-0.15, -0.1) is 0 Å². The number of benzene rings is 1. The van der Waals surface area contributed by atoms with Crippen molar-refractivity contribution in [3.8, 4) is 5.75 Å². The highest BCUT2D eigenvalue weighted by atomic mass is 16.5. The van der Waals surface area contributed by atoms with Crippen LogP contribution < -0.4 is 4.74 Å². The van der Waals surface area contributed by atoms with Crippen LogP contribution >= 0.6 is 0 Å². The van der Waals surface area contributed by atoms with Crippen LogP contribution in [0.2, 0.25) is 0 Å². The molecule has 0 amide bonds. The van der Waals surface area contributed by atoms with E-state index >= 15 is 0 Å². The van der Waals surface area contributed by atoms with Crippen LogP contribution in [-0.2, 0) is 11.3 Å². The molecule has 0 atom stereocenters. The quantitative estimate of drug-likeness (QED) is 0.778. The van der Waals surface area contributed by atoms with Crippen molar-refractivity contribution < 1.29 is 18.7 Å². The Morgan fingerprint density at radius 2 is 2.00 bits per heavy atom. The molecular formula is C17H20O4. The third-order valence-corrected chi connectivity index (χ3v) is 3.30. The van der Waals surface area contributed by atoms with Gasteiger partial charge in [-0.25, -0.2) is 4.79 Å². The zero-order chi connectivity index (χ0) is 15.4. The van der Waals surface area contributed by atoms with E-state index in [0.29, 0.717) is 11.7 Å². The van der Waals surface area contributed by atoms with E-state index in [-0.39, 0.29) is 12.4 Å². The molecule has 0 unspecified atom stereocenters. The zero-order valence-corrected chi connectivity index (χ0v) is 12.8. The van der Waals surface area contributed by atoms with Gasteiger partial charge in [0, 0.05) is 0 Å². The lowest BCUT2D eigenvalue weighted by Gasteiger charge is -2.12. The SMILES string of the molecule is COC(=O)c1ccc(COc2cc(C(C)C)ccc2C)o1. The minimum absolute atomic E-state index is 0.184. The molecule has 2 rings (SSSR count). The van der Waals surface area contributed by atoms with E-state index in [0.717, 1.165) is 11.3 Å². The van der Waals surface area contributed by atoms with Crippen molar-refractivity contribution in [3.05, 3.63) is 53.0 Å². The van der Waals surface area contributed by atoms with Gasteiger partial charge in [0.15, 0.2) is 0 Å². The van der Waals surface area contributed by atoms with Crippen LogP contribution in [0, 0.1) is 6.92 Å². The fraction of sp³-hybridized carbons (Fsp3) is 0.353. The van der Waals surface area contributed by atoms with E-state index in [1.807, 2.05) is 19.1 Å². The maximum absolute atomic E-state index is 11.3. The number of rotatable bonds is 5. The lowest BCUT2D eigenvalue weighted by molar-refractivity contribution is 0.0561. The van der Waals surface area contributed by atoms with Gasteiger partial charge in [-0.05, 0) is 42.2 Å². The molecule has 0 N–H and O–H groups in total. The number of hydrogen-bond acceptors (Lipinski definition) is 4. The number of esters is 1. The normalized spacial score (nSPS) is 10.7. The van der Waals surface area contributed by atoms with Crippen LogP contribution in [0.5, 0.6) is 5.75 Å². The third-order valence-electron chi connectivity index (χ3n) is 3.30.